The van der Waals surface area contributed by atoms with Crippen molar-refractivity contribution in [2.45, 2.75) is 68.0 Å². The number of anilines is 1. The quantitative estimate of drug-likeness (QED) is 0.0873. The van der Waals surface area contributed by atoms with Crippen molar-refractivity contribution in [1.29, 1.82) is 0 Å². The molecule has 304 valence electrons. The van der Waals surface area contributed by atoms with E-state index in [0.717, 1.165) is 3.57 Å². The highest BCUT2D eigenvalue weighted by molar-refractivity contribution is 14.1. The van der Waals surface area contributed by atoms with Crippen LogP contribution in [-0.2, 0) is 28.8 Å². The van der Waals surface area contributed by atoms with Crippen molar-refractivity contribution >= 4 is 87.3 Å². The van der Waals surface area contributed by atoms with Gasteiger partial charge in [0.05, 0.1) is 17.7 Å². The second-order valence-corrected chi connectivity index (χ2v) is 14.2. The molecular weight excluding hydrogens is 859 g/mol. The Morgan fingerprint density at radius 3 is 2.22 bits per heavy atom. The van der Waals surface area contributed by atoms with Crippen molar-refractivity contribution in [2.75, 3.05) is 44.6 Å². The number of aliphatic hydroxyl groups excluding tert-OH is 1. The average Bonchev–Trinajstić information content (AvgIpc) is 3.14. The second kappa shape index (κ2) is 22.1. The van der Waals surface area contributed by atoms with Crippen LogP contribution in [-0.4, -0.2) is 134 Å². The molecule has 3 unspecified atom stereocenters. The molecule has 2 aliphatic rings. The summed E-state index contributed by atoms with van der Waals surface area (Å²) < 4.78 is 0.733. The molecule has 0 aliphatic carbocycles. The summed E-state index contributed by atoms with van der Waals surface area (Å²) in [5.74, 6) is -5.36. The Hall–Kier alpha value is -4.56. The lowest BCUT2D eigenvalue weighted by molar-refractivity contribution is -0.136. The smallest absolute Gasteiger partial charge is 0.319 e. The molecule has 0 radical (unpaired) electrons. The molecule has 8 amide bonds. The summed E-state index contributed by atoms with van der Waals surface area (Å²) in [4.78, 5) is 97.2. The molecule has 22 nitrogen and oxygen atoms in total. The van der Waals surface area contributed by atoms with Gasteiger partial charge in [-0.05, 0) is 66.6 Å². The predicted octanol–water partition coefficient (Wildman–Crippen LogP) is -5.30. The fourth-order valence-electron chi connectivity index (χ4n) is 5.29. The molecule has 18 N–H and O–H groups in total. The maximum Gasteiger partial charge on any atom is 0.319 e. The lowest BCUT2D eigenvalue weighted by Gasteiger charge is -2.32. The first-order valence-corrected chi connectivity index (χ1v) is 18.7. The third kappa shape index (κ3) is 14.6. The molecule has 2 aliphatic heterocycles. The normalized spacial score (nSPS) is 24.7. The van der Waals surface area contributed by atoms with Crippen LogP contribution in [0.3, 0.4) is 0 Å². The highest BCUT2D eigenvalue weighted by atomic mass is 127. The van der Waals surface area contributed by atoms with Gasteiger partial charge in [-0.3, -0.25) is 33.8 Å². The van der Waals surface area contributed by atoms with Crippen LogP contribution in [0.4, 0.5) is 10.5 Å². The zero-order valence-corrected chi connectivity index (χ0v) is 32.6. The number of nitrogens with zero attached hydrogens (tertiary/aromatic N) is 1. The van der Waals surface area contributed by atoms with E-state index in [-0.39, 0.29) is 25.3 Å². The third-order valence-electron chi connectivity index (χ3n) is 8.33. The molecule has 0 spiro atoms. The van der Waals surface area contributed by atoms with Gasteiger partial charge in [-0.15, -0.1) is 0 Å². The summed E-state index contributed by atoms with van der Waals surface area (Å²) in [6.45, 7) is -1.91. The van der Waals surface area contributed by atoms with E-state index < -0.39 is 110 Å². The Kier molecular flexibility index (Phi) is 18.0. The molecule has 0 bridgehead atoms. The van der Waals surface area contributed by atoms with Crippen molar-refractivity contribution in [1.82, 2.24) is 42.5 Å². The summed E-state index contributed by atoms with van der Waals surface area (Å²) in [5, 5.41) is 32.9. The Morgan fingerprint density at radius 2 is 1.58 bits per heavy atom. The zero-order valence-electron chi connectivity index (χ0n) is 29.7. The lowest BCUT2D eigenvalue weighted by Crippen LogP contribution is -2.66. The predicted molar refractivity (Wildman–Crippen MR) is 209 cm³/mol. The molecule has 24 heteroatoms. The van der Waals surface area contributed by atoms with Gasteiger partial charge in [0, 0.05) is 47.9 Å². The van der Waals surface area contributed by atoms with E-state index in [1.54, 1.807) is 12.1 Å². The topological polar surface area (TPSA) is 364 Å². The van der Waals surface area contributed by atoms with E-state index >= 15 is 0 Å². The van der Waals surface area contributed by atoms with E-state index in [4.69, 9.17) is 34.5 Å². The molecule has 1 fully saturated rings. The molecule has 1 aromatic carbocycles. The average molecular weight is 907 g/mol. The summed E-state index contributed by atoms with van der Waals surface area (Å²) in [6.07, 6.45) is 1.11. The molecule has 1 aromatic rings. The Morgan fingerprint density at radius 1 is 0.945 bits per heavy atom. The van der Waals surface area contributed by atoms with Gasteiger partial charge in [-0.1, -0.05) is 11.6 Å². The molecule has 3 rings (SSSR count). The minimum Gasteiger partial charge on any atom is -0.394 e. The van der Waals surface area contributed by atoms with Gasteiger partial charge < -0.3 is 75.9 Å². The van der Waals surface area contributed by atoms with E-state index in [9.17, 15) is 38.7 Å². The number of nitrogens with two attached hydrogens (primary N) is 4. The van der Waals surface area contributed by atoms with Gasteiger partial charge in [0.25, 0.3) is 0 Å². The van der Waals surface area contributed by atoms with Crippen LogP contribution in [0.2, 0.25) is 5.02 Å². The van der Waals surface area contributed by atoms with Crippen LogP contribution in [0.5, 0.6) is 0 Å². The number of hydrogen-bond donors (Lipinski definition) is 14. The van der Waals surface area contributed by atoms with Crippen LogP contribution in [0.1, 0.15) is 25.7 Å². The minimum atomic E-state index is -1.63. The molecule has 7 atom stereocenters. The van der Waals surface area contributed by atoms with Gasteiger partial charge in [0.1, 0.15) is 30.2 Å². The molecule has 0 saturated carbocycles. The number of aliphatic imine (C=N–C) groups is 1. The fraction of sp³-hybridized carbons (Fsp3) is 0.548. The van der Waals surface area contributed by atoms with E-state index in [0.29, 0.717) is 30.1 Å². The third-order valence-corrected chi connectivity index (χ3v) is 9.90. The Balaban J connectivity index is 1.95. The van der Waals surface area contributed by atoms with Crippen molar-refractivity contribution in [3.8, 4) is 0 Å². The van der Waals surface area contributed by atoms with Crippen molar-refractivity contribution in [3.63, 3.8) is 0 Å². The number of benzene rings is 1. The first-order chi connectivity index (χ1) is 26.1. The van der Waals surface area contributed by atoms with E-state index in [1.165, 1.54) is 6.07 Å². The zero-order chi connectivity index (χ0) is 40.7. The van der Waals surface area contributed by atoms with Crippen molar-refractivity contribution in [2.24, 2.45) is 27.9 Å². The lowest BCUT2D eigenvalue weighted by atomic mass is 10.0. The summed E-state index contributed by atoms with van der Waals surface area (Å²) >= 11 is 8.18. The SMILES string of the molecule is NCCC[C@H](N)CC(=O)NC[C@@H]1NC(=O)[C@H](CO)NC(=O)C(N)CNC(=O)[C@H](C2CCN=C(N)N2)NC(=O)C(CNC(=O)Nc2ccc(I)c(Cl)c2)NC1=O. The summed E-state index contributed by atoms with van der Waals surface area (Å²) in [5.41, 5.74) is 23.7. The highest BCUT2D eigenvalue weighted by Crippen LogP contribution is 2.22. The number of carbonyl (C=O) groups is 7. The maximum atomic E-state index is 14.0. The molecule has 0 aromatic heterocycles. The molecule has 1 saturated heterocycles. The number of guanidine groups is 1. The number of nitrogens with one attached hydrogen (secondary N) is 9. The Bertz CT molecular complexity index is 1610. The van der Waals surface area contributed by atoms with Gasteiger partial charge in [-0.25, -0.2) is 4.79 Å². The first-order valence-electron chi connectivity index (χ1n) is 17.3. The molecule has 2 heterocycles. The number of urea groups is 1. The highest BCUT2D eigenvalue weighted by Gasteiger charge is 2.36. The minimum absolute atomic E-state index is 0.00331. The van der Waals surface area contributed by atoms with Crippen LogP contribution in [0.15, 0.2) is 23.2 Å². The number of carbonyl (C=O) groups excluding carboxylic acids is 7. The monoisotopic (exact) mass is 906 g/mol. The van der Waals surface area contributed by atoms with E-state index in [2.05, 4.69) is 52.8 Å². The van der Waals surface area contributed by atoms with Crippen LogP contribution in [0, 0.1) is 3.57 Å². The fourth-order valence-corrected chi connectivity index (χ4v) is 5.80. The number of rotatable bonds is 12. The standard InChI is InChI=1S/C31H48ClIN14O8/c32-16-9-15(3-4-17(16)33)42-31(55)41-12-21-27(52)47-24(19-5-7-38-30(37)46-19)29(54)40-10-18(36)25(50)45-22(13-48)28(53)44-20(26(51)43-21)11-39-23(49)8-14(35)2-1-6-34/h3-4,9,14,18-22,24,48H,1-2,5-8,10-13,34-36H2,(H,39,49)(H,40,54)(H,43,51)(H,44,53)(H,45,50)(H,47,52)(H3,37,38,46)(H2,41,42,55)/t14-,18?,19?,20-,21?,22-,24-/m0/s1. The summed E-state index contributed by atoms with van der Waals surface area (Å²) in [6, 6.07) is -5.06. The number of amides is 8. The van der Waals surface area contributed by atoms with Gasteiger partial charge in [0.15, 0.2) is 5.96 Å². The maximum absolute atomic E-state index is 14.0. The molecular formula is C31H48ClIN14O8. The van der Waals surface area contributed by atoms with Crippen LogP contribution in [0.25, 0.3) is 0 Å². The van der Waals surface area contributed by atoms with Gasteiger partial charge >= 0.3 is 6.03 Å². The van der Waals surface area contributed by atoms with Crippen LogP contribution < -0.4 is 70.8 Å². The number of hydrogen-bond acceptors (Lipinski definition) is 14. The first kappa shape index (κ1) is 44.8. The number of halogens is 2. The van der Waals surface area contributed by atoms with Crippen LogP contribution >= 0.6 is 34.2 Å². The largest absolute Gasteiger partial charge is 0.394 e. The van der Waals surface area contributed by atoms with Crippen molar-refractivity contribution in [3.05, 3.63) is 26.8 Å². The molecule has 55 heavy (non-hydrogen) atoms. The second-order valence-electron chi connectivity index (χ2n) is 12.7. The summed E-state index contributed by atoms with van der Waals surface area (Å²) in [7, 11) is 0. The van der Waals surface area contributed by atoms with Crippen molar-refractivity contribution < 1.29 is 38.7 Å². The number of aliphatic hydroxyl groups is 1. The van der Waals surface area contributed by atoms with E-state index in [1.807, 2.05) is 22.6 Å². The van der Waals surface area contributed by atoms with Gasteiger partial charge in [-0.2, -0.15) is 0 Å². The Labute approximate surface area is 334 Å². The van der Waals surface area contributed by atoms with Gasteiger partial charge in [0.2, 0.25) is 35.4 Å².